The first-order valence-electron chi connectivity index (χ1n) is 14.8. The van der Waals surface area contributed by atoms with Crippen molar-refractivity contribution in [1.29, 1.82) is 0 Å². The number of fused-ring (bicyclic) bond motifs is 2. The third kappa shape index (κ3) is 8.19. The van der Waals surface area contributed by atoms with Crippen LogP contribution in [0.4, 0.5) is 5.82 Å². The van der Waals surface area contributed by atoms with Crippen LogP contribution in [0.15, 0.2) is 83.2 Å². The van der Waals surface area contributed by atoms with Gasteiger partial charge in [-0.1, -0.05) is 70.9 Å². The summed E-state index contributed by atoms with van der Waals surface area (Å²) in [6.45, 7) is 3.34. The molecule has 3 N–H and O–H groups in total. The van der Waals surface area contributed by atoms with Gasteiger partial charge in [0.15, 0.2) is 0 Å². The largest absolute Gasteiger partial charge is 0.381 e. The number of aliphatic hydroxyl groups is 1. The lowest BCUT2D eigenvalue weighted by Crippen LogP contribution is -2.44. The number of nitrogens with one attached hydrogen (secondary N) is 2. The Morgan fingerprint density at radius 1 is 1.33 bits per heavy atom. The van der Waals surface area contributed by atoms with Crippen LogP contribution in [0.1, 0.15) is 51.0 Å². The van der Waals surface area contributed by atoms with Crippen LogP contribution in [0.2, 0.25) is 0 Å². The Hall–Kier alpha value is -3.34. The molecule has 9 nitrogen and oxygen atoms in total. The molecule has 2 aliphatic heterocycles. The summed E-state index contributed by atoms with van der Waals surface area (Å²) in [5.41, 5.74) is 1.26. The fraction of sp³-hybridized carbons (Fsp3) is 0.455. The van der Waals surface area contributed by atoms with Crippen LogP contribution in [0.25, 0.3) is 0 Å². The number of carbonyl (C=O) groups is 2. The van der Waals surface area contributed by atoms with E-state index in [-0.39, 0.29) is 12.5 Å². The highest BCUT2D eigenvalue weighted by Crippen LogP contribution is 2.42. The van der Waals surface area contributed by atoms with Crippen LogP contribution < -0.4 is 10.6 Å². The number of rotatable bonds is 11. The van der Waals surface area contributed by atoms with Crippen molar-refractivity contribution in [3.05, 3.63) is 83.8 Å². The van der Waals surface area contributed by atoms with E-state index in [9.17, 15) is 14.7 Å². The van der Waals surface area contributed by atoms with E-state index in [0.29, 0.717) is 51.1 Å². The number of likely N-dealkylation sites (N-methyl/N-ethyl adjacent to an activating group) is 1. The second kappa shape index (κ2) is 15.4. The summed E-state index contributed by atoms with van der Waals surface area (Å²) >= 11 is 3.42. The third-order valence-corrected chi connectivity index (χ3v) is 8.55. The molecule has 43 heavy (non-hydrogen) atoms. The molecule has 10 heteroatoms. The van der Waals surface area contributed by atoms with E-state index < -0.39 is 17.2 Å². The molecule has 1 aromatic rings. The Balaban J connectivity index is 1.48. The normalized spacial score (nSPS) is 25.5. The van der Waals surface area contributed by atoms with Gasteiger partial charge >= 0.3 is 0 Å². The van der Waals surface area contributed by atoms with E-state index in [4.69, 9.17) is 9.73 Å². The van der Waals surface area contributed by atoms with Crippen molar-refractivity contribution in [3.63, 3.8) is 0 Å². The number of hydrogen-bond acceptors (Lipinski definition) is 7. The fourth-order valence-electron chi connectivity index (χ4n) is 5.57. The van der Waals surface area contributed by atoms with E-state index >= 15 is 0 Å². The molecule has 1 saturated heterocycles. The molecule has 0 aromatic carbocycles. The zero-order valence-electron chi connectivity index (χ0n) is 25.0. The molecule has 230 valence electrons. The van der Waals surface area contributed by atoms with Crippen LogP contribution in [-0.4, -0.2) is 76.9 Å². The number of amides is 1. The Morgan fingerprint density at radius 3 is 2.86 bits per heavy atom. The van der Waals surface area contributed by atoms with Crippen molar-refractivity contribution in [1.82, 2.24) is 15.2 Å². The number of allylic oxidation sites excluding steroid dienone is 8. The van der Waals surface area contributed by atoms with E-state index in [1.165, 1.54) is 5.57 Å². The number of aromatic nitrogens is 1. The number of alkyl halides is 1. The predicted octanol–water partition coefficient (Wildman–Crippen LogP) is 4.73. The van der Waals surface area contributed by atoms with Gasteiger partial charge in [-0.05, 0) is 37.5 Å². The fourth-order valence-corrected chi connectivity index (χ4v) is 5.79. The van der Waals surface area contributed by atoms with Crippen molar-refractivity contribution in [2.45, 2.75) is 62.6 Å². The molecule has 2 atom stereocenters. The molecule has 0 radical (unpaired) electrons. The lowest BCUT2D eigenvalue weighted by atomic mass is 9.76. The Morgan fingerprint density at radius 2 is 2.12 bits per heavy atom. The van der Waals surface area contributed by atoms with Gasteiger partial charge in [0.1, 0.15) is 29.7 Å². The molecular weight excluding hydrogens is 610 g/mol. The molecule has 1 fully saturated rings. The zero-order valence-corrected chi connectivity index (χ0v) is 26.6. The zero-order chi connectivity index (χ0) is 30.7. The number of pyridine rings is 1. The number of ether oxygens (including phenoxy) is 1. The number of aliphatic hydroxyl groups excluding tert-OH is 1. The Kier molecular flexibility index (Phi) is 11.7. The molecule has 3 aliphatic rings. The van der Waals surface area contributed by atoms with Crippen LogP contribution in [0.3, 0.4) is 0 Å². The summed E-state index contributed by atoms with van der Waals surface area (Å²) in [7, 11) is 1.89. The van der Waals surface area contributed by atoms with Gasteiger partial charge in [-0.3, -0.25) is 9.79 Å². The monoisotopic (exact) mass is 651 g/mol. The number of anilines is 1. The smallest absolute Gasteiger partial charge is 0.236 e. The quantitative estimate of drug-likeness (QED) is 0.0791. The minimum atomic E-state index is -0.918. The van der Waals surface area contributed by atoms with Gasteiger partial charge in [-0.15, -0.1) is 0 Å². The average Bonchev–Trinajstić information content (AvgIpc) is 3.34. The highest BCUT2D eigenvalue weighted by atomic mass is 79.9. The summed E-state index contributed by atoms with van der Waals surface area (Å²) in [5, 5.41) is 18.0. The molecular formula is C33H42BrN5O4. The lowest BCUT2D eigenvalue weighted by molar-refractivity contribution is -0.120. The SMILES string of the molecule is CC/C(=C/C=C\CBr)CC(=NC1(C=O)CCOCC1)N(C)CC(O)NC1=C/C=C/C[C@]2(C\C=C\1)C(=O)Nc1ncccc12. The number of amidine groups is 1. The summed E-state index contributed by atoms with van der Waals surface area (Å²) < 4.78 is 5.51. The van der Waals surface area contributed by atoms with Gasteiger partial charge in [0, 0.05) is 62.3 Å². The predicted molar refractivity (Wildman–Crippen MR) is 174 cm³/mol. The summed E-state index contributed by atoms with van der Waals surface area (Å²) in [5.74, 6) is 1.31. The van der Waals surface area contributed by atoms with Crippen molar-refractivity contribution in [2.75, 3.05) is 37.5 Å². The van der Waals surface area contributed by atoms with Gasteiger partial charge in [-0.2, -0.15) is 0 Å². The van der Waals surface area contributed by atoms with Gasteiger partial charge in [0.05, 0.1) is 12.0 Å². The minimum absolute atomic E-state index is 0.0545. The van der Waals surface area contributed by atoms with Gasteiger partial charge in [0.2, 0.25) is 5.91 Å². The van der Waals surface area contributed by atoms with E-state index in [2.05, 4.69) is 44.5 Å². The molecule has 1 amide bonds. The maximum absolute atomic E-state index is 13.0. The molecule has 1 spiro atoms. The van der Waals surface area contributed by atoms with Crippen LogP contribution in [0.5, 0.6) is 0 Å². The lowest BCUT2D eigenvalue weighted by Gasteiger charge is -2.32. The first kappa shape index (κ1) is 32.6. The third-order valence-electron chi connectivity index (χ3n) is 8.18. The van der Waals surface area contributed by atoms with E-state index in [0.717, 1.165) is 35.1 Å². The first-order chi connectivity index (χ1) is 20.8. The van der Waals surface area contributed by atoms with Crippen molar-refractivity contribution < 1.29 is 19.4 Å². The summed E-state index contributed by atoms with van der Waals surface area (Å²) in [4.78, 5) is 36.5. The number of carbonyl (C=O) groups excluding carboxylic acids is 2. The Bertz CT molecular complexity index is 1330. The number of nitrogens with zero attached hydrogens (tertiary/aromatic N) is 3. The van der Waals surface area contributed by atoms with E-state index in [1.807, 2.05) is 66.6 Å². The maximum atomic E-state index is 13.0. The second-order valence-electron chi connectivity index (χ2n) is 11.1. The number of halogens is 1. The summed E-state index contributed by atoms with van der Waals surface area (Å²) in [6.07, 6.45) is 21.0. The highest BCUT2D eigenvalue weighted by Gasteiger charge is 2.45. The number of aldehydes is 1. The average molecular weight is 653 g/mol. The van der Waals surface area contributed by atoms with E-state index in [1.54, 1.807) is 6.20 Å². The molecule has 1 unspecified atom stereocenters. The van der Waals surface area contributed by atoms with Crippen molar-refractivity contribution in [2.24, 2.45) is 4.99 Å². The number of hydrogen-bond donors (Lipinski definition) is 3. The van der Waals surface area contributed by atoms with Crippen LogP contribution >= 0.6 is 15.9 Å². The first-order valence-corrected chi connectivity index (χ1v) is 16.0. The van der Waals surface area contributed by atoms with Gasteiger partial charge in [0.25, 0.3) is 0 Å². The van der Waals surface area contributed by atoms with Gasteiger partial charge < -0.3 is 30.2 Å². The van der Waals surface area contributed by atoms with Crippen molar-refractivity contribution in [3.8, 4) is 0 Å². The second-order valence-corrected chi connectivity index (χ2v) is 11.8. The minimum Gasteiger partial charge on any atom is -0.381 e. The molecule has 1 aromatic heterocycles. The molecule has 0 saturated carbocycles. The summed E-state index contributed by atoms with van der Waals surface area (Å²) in [6, 6.07) is 3.81. The molecule has 4 rings (SSSR count). The highest BCUT2D eigenvalue weighted by molar-refractivity contribution is 9.09. The van der Waals surface area contributed by atoms with Crippen LogP contribution in [-0.2, 0) is 19.7 Å². The van der Waals surface area contributed by atoms with Crippen molar-refractivity contribution >= 4 is 39.8 Å². The molecule has 1 aliphatic carbocycles. The number of aliphatic imine (C=N–C) groups is 1. The topological polar surface area (TPSA) is 116 Å². The molecule has 0 bridgehead atoms. The van der Waals surface area contributed by atoms with Crippen LogP contribution in [0, 0.1) is 0 Å². The van der Waals surface area contributed by atoms with Gasteiger partial charge in [-0.25, -0.2) is 4.98 Å². The molecule has 3 heterocycles. The standard InChI is InChI=1S/C33H42BrN5O4/c1-3-25(10-5-7-18-34)22-28(38-32(24-40)16-20-43-21-17-32)39(2)23-29(41)36-26-11-4-6-14-33(15-8-12-26)27-13-9-19-35-30(27)37-31(33)42/h4-13,19,24,29,36,41H,3,14-18,20-23H2,1-2H3,(H,35,37,42)/b6-4+,7-5-,12-8+,25-10-,26-11+,38-28?/t29?,33-/m1/s1. The Labute approximate surface area is 262 Å². The maximum Gasteiger partial charge on any atom is 0.236 e.